The van der Waals surface area contributed by atoms with Gasteiger partial charge >= 0.3 is 0 Å². The minimum Gasteiger partial charge on any atom is -0.497 e. The Kier molecular flexibility index (Phi) is 3.78. The van der Waals surface area contributed by atoms with Gasteiger partial charge in [-0.15, -0.1) is 9.24 Å². The van der Waals surface area contributed by atoms with E-state index in [2.05, 4.69) is 21.4 Å². The molecule has 0 spiro atoms. The normalized spacial score (nSPS) is 12.2. The third kappa shape index (κ3) is 2.85. The molecule has 0 fully saturated rings. The fourth-order valence-electron chi connectivity index (χ4n) is 1.71. The first-order chi connectivity index (χ1) is 8.20. The van der Waals surface area contributed by atoms with E-state index in [4.69, 9.17) is 10.5 Å². The van der Waals surface area contributed by atoms with Crippen LogP contribution in [0.2, 0.25) is 0 Å². The largest absolute Gasteiger partial charge is 0.497 e. The van der Waals surface area contributed by atoms with E-state index in [9.17, 15) is 0 Å². The highest BCUT2D eigenvalue weighted by atomic mass is 31.0. The lowest BCUT2D eigenvalue weighted by molar-refractivity contribution is 0.414. The molecule has 0 saturated heterocycles. The highest BCUT2D eigenvalue weighted by Gasteiger charge is 2.08. The molecule has 0 bridgehead atoms. The summed E-state index contributed by atoms with van der Waals surface area (Å²) in [6, 6.07) is 16.0. The van der Waals surface area contributed by atoms with E-state index in [1.54, 1.807) is 7.11 Å². The maximum atomic E-state index is 6.21. The quantitative estimate of drug-likeness (QED) is 0.842. The first-order valence-electron chi connectivity index (χ1n) is 5.45. The number of nitrogens with two attached hydrogens (primary N) is 1. The Bertz CT molecular complexity index is 479. The van der Waals surface area contributed by atoms with Crippen LogP contribution in [-0.2, 0) is 0 Å². The van der Waals surface area contributed by atoms with E-state index in [0.29, 0.717) is 0 Å². The molecule has 3 heteroatoms. The van der Waals surface area contributed by atoms with Gasteiger partial charge in [-0.3, -0.25) is 0 Å². The van der Waals surface area contributed by atoms with Crippen molar-refractivity contribution in [1.82, 2.24) is 0 Å². The van der Waals surface area contributed by atoms with Gasteiger partial charge in [0.05, 0.1) is 13.2 Å². The van der Waals surface area contributed by atoms with Crippen molar-refractivity contribution in [3.63, 3.8) is 0 Å². The first-order valence-corrected chi connectivity index (χ1v) is 6.03. The van der Waals surface area contributed by atoms with Crippen LogP contribution in [0.25, 0.3) is 0 Å². The molecule has 2 aromatic rings. The summed E-state index contributed by atoms with van der Waals surface area (Å²) in [6.45, 7) is 0. The Balaban J connectivity index is 2.23. The summed E-state index contributed by atoms with van der Waals surface area (Å²) in [5, 5.41) is 1.16. The number of methoxy groups -OCH3 is 1. The van der Waals surface area contributed by atoms with E-state index in [1.807, 2.05) is 36.4 Å². The Hall–Kier alpha value is -1.37. The monoisotopic (exact) mass is 245 g/mol. The molecule has 0 aromatic heterocycles. The molecule has 0 saturated carbocycles. The van der Waals surface area contributed by atoms with Crippen LogP contribution < -0.4 is 15.8 Å². The maximum absolute atomic E-state index is 6.21. The lowest BCUT2D eigenvalue weighted by Gasteiger charge is -2.13. The molecule has 0 amide bonds. The molecule has 2 unspecified atom stereocenters. The topological polar surface area (TPSA) is 35.2 Å². The summed E-state index contributed by atoms with van der Waals surface area (Å²) >= 11 is 0. The van der Waals surface area contributed by atoms with E-state index in [-0.39, 0.29) is 6.04 Å². The van der Waals surface area contributed by atoms with Crippen molar-refractivity contribution >= 4 is 14.5 Å². The van der Waals surface area contributed by atoms with Gasteiger partial charge in [-0.25, -0.2) is 0 Å². The molecule has 0 aliphatic heterocycles. The van der Waals surface area contributed by atoms with E-state index < -0.39 is 0 Å². The first kappa shape index (κ1) is 12.1. The van der Waals surface area contributed by atoms with Gasteiger partial charge in [0.2, 0.25) is 0 Å². The number of hydrogen-bond donors (Lipinski definition) is 1. The fourth-order valence-corrected chi connectivity index (χ4v) is 1.90. The van der Waals surface area contributed by atoms with Crippen molar-refractivity contribution in [2.75, 3.05) is 7.11 Å². The number of hydrogen-bond acceptors (Lipinski definition) is 2. The Morgan fingerprint density at radius 3 is 1.88 bits per heavy atom. The fraction of sp³-hybridized carbons (Fsp3) is 0.143. The Morgan fingerprint density at radius 1 is 0.941 bits per heavy atom. The van der Waals surface area contributed by atoms with Gasteiger partial charge in [-0.2, -0.15) is 0 Å². The zero-order valence-electron chi connectivity index (χ0n) is 9.76. The summed E-state index contributed by atoms with van der Waals surface area (Å²) in [5.41, 5.74) is 8.41. The van der Waals surface area contributed by atoms with Crippen molar-refractivity contribution in [2.45, 2.75) is 6.04 Å². The second-order valence-corrected chi connectivity index (χ2v) is 4.58. The van der Waals surface area contributed by atoms with Crippen LogP contribution >= 0.6 is 9.24 Å². The lowest BCUT2D eigenvalue weighted by atomic mass is 10.00. The molecular formula is C14H16NOP. The zero-order valence-corrected chi connectivity index (χ0v) is 10.9. The SMILES string of the molecule is COc1ccc(C(N)c2ccc(P)cc2)cc1. The number of benzene rings is 2. The Labute approximate surface area is 104 Å². The second-order valence-electron chi connectivity index (χ2n) is 3.92. The van der Waals surface area contributed by atoms with Crippen molar-refractivity contribution in [3.8, 4) is 5.75 Å². The molecule has 2 N–H and O–H groups in total. The average molecular weight is 245 g/mol. The summed E-state index contributed by atoms with van der Waals surface area (Å²) < 4.78 is 5.13. The molecule has 0 heterocycles. The summed E-state index contributed by atoms with van der Waals surface area (Å²) in [4.78, 5) is 0. The number of ether oxygens (including phenoxy) is 1. The molecule has 88 valence electrons. The molecule has 0 radical (unpaired) electrons. The third-order valence-corrected chi connectivity index (χ3v) is 3.16. The smallest absolute Gasteiger partial charge is 0.118 e. The predicted octanol–water partition coefficient (Wildman–Crippen LogP) is 2.24. The van der Waals surface area contributed by atoms with Gasteiger partial charge < -0.3 is 10.5 Å². The van der Waals surface area contributed by atoms with Crippen LogP contribution in [0, 0.1) is 0 Å². The summed E-state index contributed by atoms with van der Waals surface area (Å²) in [5.74, 6) is 0.848. The highest BCUT2D eigenvalue weighted by molar-refractivity contribution is 7.27. The van der Waals surface area contributed by atoms with Crippen LogP contribution in [0.3, 0.4) is 0 Å². The minimum absolute atomic E-state index is 0.0912. The van der Waals surface area contributed by atoms with Crippen LogP contribution in [0.4, 0.5) is 0 Å². The molecule has 2 aromatic carbocycles. The zero-order chi connectivity index (χ0) is 12.3. The molecule has 17 heavy (non-hydrogen) atoms. The van der Waals surface area contributed by atoms with Gasteiger partial charge in [0.25, 0.3) is 0 Å². The minimum atomic E-state index is -0.0912. The predicted molar refractivity (Wildman–Crippen MR) is 74.8 cm³/mol. The molecule has 2 atom stereocenters. The molecule has 2 nitrogen and oxygen atoms in total. The average Bonchev–Trinajstić information content (AvgIpc) is 2.39. The standard InChI is InChI=1S/C14H16NOP/c1-16-12-6-2-10(3-7-12)14(15)11-4-8-13(17)9-5-11/h2-9,14H,15,17H2,1H3. The third-order valence-electron chi connectivity index (χ3n) is 2.77. The second kappa shape index (κ2) is 5.31. The molecular weight excluding hydrogens is 229 g/mol. The number of rotatable bonds is 3. The van der Waals surface area contributed by atoms with Crippen molar-refractivity contribution in [1.29, 1.82) is 0 Å². The molecule has 2 rings (SSSR count). The van der Waals surface area contributed by atoms with Gasteiger partial charge in [0.15, 0.2) is 0 Å². The van der Waals surface area contributed by atoms with Gasteiger partial charge in [-0.05, 0) is 28.6 Å². The van der Waals surface area contributed by atoms with Gasteiger partial charge in [0.1, 0.15) is 5.75 Å². The van der Waals surface area contributed by atoms with E-state index >= 15 is 0 Å². The van der Waals surface area contributed by atoms with Crippen LogP contribution in [-0.4, -0.2) is 7.11 Å². The highest BCUT2D eigenvalue weighted by Crippen LogP contribution is 2.21. The van der Waals surface area contributed by atoms with Gasteiger partial charge in [0, 0.05) is 0 Å². The molecule has 0 aliphatic carbocycles. The van der Waals surface area contributed by atoms with Crippen LogP contribution in [0.5, 0.6) is 5.75 Å². The van der Waals surface area contributed by atoms with E-state index in [0.717, 1.165) is 22.2 Å². The lowest BCUT2D eigenvalue weighted by Crippen LogP contribution is -2.12. The summed E-state index contributed by atoms with van der Waals surface area (Å²) in [6.07, 6.45) is 0. The maximum Gasteiger partial charge on any atom is 0.118 e. The van der Waals surface area contributed by atoms with Crippen LogP contribution in [0.1, 0.15) is 17.2 Å². The van der Waals surface area contributed by atoms with Gasteiger partial charge in [-0.1, -0.05) is 36.4 Å². The van der Waals surface area contributed by atoms with E-state index in [1.165, 1.54) is 0 Å². The van der Waals surface area contributed by atoms with Crippen LogP contribution in [0.15, 0.2) is 48.5 Å². The van der Waals surface area contributed by atoms with Crippen molar-refractivity contribution < 1.29 is 4.74 Å². The Morgan fingerprint density at radius 2 is 1.41 bits per heavy atom. The molecule has 0 aliphatic rings. The van der Waals surface area contributed by atoms with Crippen molar-refractivity contribution in [2.24, 2.45) is 5.73 Å². The summed E-state index contributed by atoms with van der Waals surface area (Å²) in [7, 11) is 4.33. The van der Waals surface area contributed by atoms with Crippen molar-refractivity contribution in [3.05, 3.63) is 59.7 Å².